The number of benzene rings is 2. The molecule has 0 aliphatic carbocycles. The second kappa shape index (κ2) is 9.64. The SMILES string of the molecule is CCCCCC(O)(CN)c1cccc2nc3ccccc3cc12.O[B]O. The highest BCUT2D eigenvalue weighted by molar-refractivity contribution is 6.13. The van der Waals surface area contributed by atoms with Crippen molar-refractivity contribution < 1.29 is 15.2 Å². The summed E-state index contributed by atoms with van der Waals surface area (Å²) < 4.78 is 0. The topological polar surface area (TPSA) is 99.6 Å². The molecule has 1 atom stereocenters. The highest BCUT2D eigenvalue weighted by Gasteiger charge is 2.29. The highest BCUT2D eigenvalue weighted by atomic mass is 16.4. The number of hydrogen-bond donors (Lipinski definition) is 4. The Morgan fingerprint density at radius 3 is 2.42 bits per heavy atom. The quantitative estimate of drug-likeness (QED) is 0.310. The molecular formula is C20H26BN2O3. The molecule has 0 saturated carbocycles. The fourth-order valence-corrected chi connectivity index (χ4v) is 3.22. The lowest BCUT2D eigenvalue weighted by atomic mass is 9.85. The number of unbranched alkanes of at least 4 members (excludes halogenated alkanes) is 2. The lowest BCUT2D eigenvalue weighted by molar-refractivity contribution is 0.0355. The molecule has 0 aliphatic rings. The largest absolute Gasteiger partial charge is 0.482 e. The van der Waals surface area contributed by atoms with Crippen molar-refractivity contribution in [3.63, 3.8) is 0 Å². The van der Waals surface area contributed by atoms with Crippen LogP contribution >= 0.6 is 0 Å². The van der Waals surface area contributed by atoms with Crippen LogP contribution in [0, 0.1) is 0 Å². The monoisotopic (exact) mass is 353 g/mol. The Bertz CT molecular complexity index is 844. The molecule has 137 valence electrons. The summed E-state index contributed by atoms with van der Waals surface area (Å²) >= 11 is 0. The third-order valence-corrected chi connectivity index (χ3v) is 4.59. The number of fused-ring (bicyclic) bond motifs is 2. The molecule has 5 nitrogen and oxygen atoms in total. The summed E-state index contributed by atoms with van der Waals surface area (Å²) in [6.07, 6.45) is 3.89. The van der Waals surface area contributed by atoms with E-state index in [-0.39, 0.29) is 14.2 Å². The first-order chi connectivity index (χ1) is 12.6. The molecule has 0 amide bonds. The van der Waals surface area contributed by atoms with Crippen molar-refractivity contribution in [2.24, 2.45) is 5.73 Å². The number of rotatable bonds is 6. The van der Waals surface area contributed by atoms with Gasteiger partial charge in [-0.3, -0.25) is 0 Å². The smallest absolute Gasteiger partial charge is 0.429 e. The summed E-state index contributed by atoms with van der Waals surface area (Å²) in [6.45, 7) is 2.39. The summed E-state index contributed by atoms with van der Waals surface area (Å²) in [4.78, 5) is 4.73. The molecule has 0 aliphatic heterocycles. The van der Waals surface area contributed by atoms with Gasteiger partial charge in [-0.25, -0.2) is 4.98 Å². The molecule has 0 fully saturated rings. The van der Waals surface area contributed by atoms with E-state index in [1.165, 1.54) is 0 Å². The average Bonchev–Trinajstić information content (AvgIpc) is 2.66. The lowest BCUT2D eigenvalue weighted by Crippen LogP contribution is -2.35. The van der Waals surface area contributed by atoms with E-state index in [1.54, 1.807) is 0 Å². The van der Waals surface area contributed by atoms with Crippen LogP contribution in [0.25, 0.3) is 21.8 Å². The van der Waals surface area contributed by atoms with Crippen molar-refractivity contribution in [2.75, 3.05) is 6.54 Å². The molecule has 1 radical (unpaired) electrons. The predicted molar refractivity (Wildman–Crippen MR) is 107 cm³/mol. The van der Waals surface area contributed by atoms with Crippen molar-refractivity contribution in [2.45, 2.75) is 38.2 Å². The summed E-state index contributed by atoms with van der Waals surface area (Å²) in [7, 11) is 0. The predicted octanol–water partition coefficient (Wildman–Crippen LogP) is 2.62. The van der Waals surface area contributed by atoms with E-state index in [0.29, 0.717) is 6.42 Å². The zero-order valence-corrected chi connectivity index (χ0v) is 15.1. The first kappa shape index (κ1) is 20.3. The third-order valence-electron chi connectivity index (χ3n) is 4.59. The first-order valence-corrected chi connectivity index (χ1v) is 8.91. The van der Waals surface area contributed by atoms with Crippen molar-refractivity contribution in [1.82, 2.24) is 4.98 Å². The number of aromatic nitrogens is 1. The van der Waals surface area contributed by atoms with Crippen molar-refractivity contribution in [1.29, 1.82) is 0 Å². The van der Waals surface area contributed by atoms with E-state index < -0.39 is 5.60 Å². The van der Waals surface area contributed by atoms with Crippen LogP contribution in [0.5, 0.6) is 0 Å². The summed E-state index contributed by atoms with van der Waals surface area (Å²) in [6, 6.07) is 16.1. The van der Waals surface area contributed by atoms with Gasteiger partial charge in [-0.2, -0.15) is 0 Å². The van der Waals surface area contributed by atoms with E-state index in [0.717, 1.165) is 46.6 Å². The maximum Gasteiger partial charge on any atom is 0.482 e. The van der Waals surface area contributed by atoms with Crippen LogP contribution in [0.15, 0.2) is 48.5 Å². The maximum atomic E-state index is 11.1. The van der Waals surface area contributed by atoms with Crippen molar-refractivity contribution in [3.8, 4) is 0 Å². The van der Waals surface area contributed by atoms with Gasteiger partial charge in [0.05, 0.1) is 11.0 Å². The number of nitrogens with two attached hydrogens (primary N) is 1. The molecule has 0 bridgehead atoms. The second-order valence-corrected chi connectivity index (χ2v) is 6.36. The molecule has 26 heavy (non-hydrogen) atoms. The fourth-order valence-electron chi connectivity index (χ4n) is 3.22. The molecule has 5 N–H and O–H groups in total. The molecule has 3 aromatic rings. The molecule has 1 aromatic heterocycles. The van der Waals surface area contributed by atoms with Gasteiger partial charge in [0.15, 0.2) is 0 Å². The van der Waals surface area contributed by atoms with Crippen LogP contribution in [0.4, 0.5) is 0 Å². The van der Waals surface area contributed by atoms with Gasteiger partial charge in [0.2, 0.25) is 0 Å². The van der Waals surface area contributed by atoms with Gasteiger partial charge in [-0.15, -0.1) is 0 Å². The molecule has 2 aromatic carbocycles. The zero-order chi connectivity index (χ0) is 19.0. The van der Waals surface area contributed by atoms with Gasteiger partial charge < -0.3 is 20.9 Å². The minimum atomic E-state index is -0.987. The van der Waals surface area contributed by atoms with E-state index in [1.807, 2.05) is 36.4 Å². The Balaban J connectivity index is 0.000000758. The number of aliphatic hydroxyl groups is 1. The van der Waals surface area contributed by atoms with Crippen LogP contribution in [-0.2, 0) is 5.60 Å². The first-order valence-electron chi connectivity index (χ1n) is 8.91. The van der Waals surface area contributed by atoms with Gasteiger partial charge in [-0.1, -0.05) is 56.5 Å². The van der Waals surface area contributed by atoms with Gasteiger partial charge in [0.1, 0.15) is 5.60 Å². The highest BCUT2D eigenvalue weighted by Crippen LogP contribution is 2.33. The normalized spacial score (nSPS) is 13.1. The van der Waals surface area contributed by atoms with Gasteiger partial charge in [-0.05, 0) is 30.2 Å². The van der Waals surface area contributed by atoms with Gasteiger partial charge in [0.25, 0.3) is 0 Å². The van der Waals surface area contributed by atoms with E-state index in [2.05, 4.69) is 19.1 Å². The Morgan fingerprint density at radius 1 is 1.04 bits per heavy atom. The minimum Gasteiger partial charge on any atom is -0.429 e. The van der Waals surface area contributed by atoms with E-state index in [9.17, 15) is 5.11 Å². The molecule has 0 saturated heterocycles. The average molecular weight is 353 g/mol. The molecule has 1 unspecified atom stereocenters. The molecular weight excluding hydrogens is 327 g/mol. The third kappa shape index (κ3) is 4.59. The zero-order valence-electron chi connectivity index (χ0n) is 15.1. The number of nitrogens with zero attached hydrogens (tertiary/aromatic N) is 1. The van der Waals surface area contributed by atoms with Gasteiger partial charge >= 0.3 is 7.69 Å². The summed E-state index contributed by atoms with van der Waals surface area (Å²) in [5.41, 5.74) is 7.74. The Hall–Kier alpha value is -1.99. The Kier molecular flexibility index (Phi) is 7.54. The number of para-hydroxylation sites is 1. The maximum absolute atomic E-state index is 11.1. The van der Waals surface area contributed by atoms with E-state index in [4.69, 9.17) is 20.8 Å². The summed E-state index contributed by atoms with van der Waals surface area (Å²) in [5.74, 6) is 0. The molecule has 6 heteroatoms. The molecule has 0 spiro atoms. The van der Waals surface area contributed by atoms with Crippen LogP contribution in [0.3, 0.4) is 0 Å². The Labute approximate surface area is 154 Å². The number of pyridine rings is 1. The van der Waals surface area contributed by atoms with Crippen LogP contribution in [0.1, 0.15) is 38.2 Å². The van der Waals surface area contributed by atoms with Gasteiger partial charge in [0, 0.05) is 17.3 Å². The lowest BCUT2D eigenvalue weighted by Gasteiger charge is -2.28. The molecule has 1 heterocycles. The fraction of sp³-hybridized carbons (Fsp3) is 0.350. The van der Waals surface area contributed by atoms with Crippen molar-refractivity contribution >= 4 is 29.5 Å². The Morgan fingerprint density at radius 2 is 1.73 bits per heavy atom. The van der Waals surface area contributed by atoms with Crippen LogP contribution in [-0.4, -0.2) is 34.4 Å². The molecule has 3 rings (SSSR count). The van der Waals surface area contributed by atoms with Crippen LogP contribution in [0.2, 0.25) is 0 Å². The summed E-state index contributed by atoms with van der Waals surface area (Å²) in [5, 5.41) is 27.2. The second-order valence-electron chi connectivity index (χ2n) is 6.36. The number of hydrogen-bond acceptors (Lipinski definition) is 5. The van der Waals surface area contributed by atoms with Crippen LogP contribution < -0.4 is 5.73 Å². The van der Waals surface area contributed by atoms with E-state index >= 15 is 0 Å². The standard InChI is InChI=1S/C20H24N2O.BH2O2/c1-2-3-6-12-20(23,14-21)17-9-7-11-19-16(17)13-15-8-4-5-10-18(15)22-19;2-1-3/h4-5,7-11,13,23H,2-3,6,12,14,21H2,1H3;2-3H. The van der Waals surface area contributed by atoms with Crippen molar-refractivity contribution in [3.05, 3.63) is 54.1 Å². The minimum absolute atomic E-state index is 0.